The molecule has 1 saturated carbocycles. The zero-order valence-electron chi connectivity index (χ0n) is 18.6. The number of hydrogen-bond acceptors (Lipinski definition) is 2. The molecule has 2 aromatic rings. The number of anilines is 1. The lowest BCUT2D eigenvalue weighted by molar-refractivity contribution is 0.0391. The van der Waals surface area contributed by atoms with E-state index in [0.29, 0.717) is 38.3 Å². The first kappa shape index (κ1) is 24.2. The second kappa shape index (κ2) is 10.5. The highest BCUT2D eigenvalue weighted by Gasteiger charge is 2.36. The molecule has 1 aliphatic heterocycles. The molecule has 5 nitrogen and oxygen atoms in total. The van der Waals surface area contributed by atoms with Gasteiger partial charge < -0.3 is 10.2 Å². The maximum Gasteiger partial charge on any atom is 0.321 e. The summed E-state index contributed by atoms with van der Waals surface area (Å²) in [6.45, 7) is 1.05. The van der Waals surface area contributed by atoms with Gasteiger partial charge in [0.15, 0.2) is 0 Å². The van der Waals surface area contributed by atoms with E-state index in [-0.39, 0.29) is 18.5 Å². The van der Waals surface area contributed by atoms with Crippen molar-refractivity contribution >= 4 is 52.4 Å². The van der Waals surface area contributed by atoms with Gasteiger partial charge in [0.2, 0.25) is 0 Å². The van der Waals surface area contributed by atoms with Crippen LogP contribution in [-0.4, -0.2) is 36.5 Å². The summed E-state index contributed by atoms with van der Waals surface area (Å²) in [5.41, 5.74) is 1.86. The van der Waals surface area contributed by atoms with Crippen LogP contribution in [0.2, 0.25) is 15.1 Å². The van der Waals surface area contributed by atoms with E-state index >= 15 is 0 Å². The zero-order valence-corrected chi connectivity index (χ0v) is 20.9. The molecule has 0 radical (unpaired) electrons. The quantitative estimate of drug-likeness (QED) is 0.494. The van der Waals surface area contributed by atoms with Gasteiger partial charge in [0.25, 0.3) is 5.91 Å². The van der Waals surface area contributed by atoms with Gasteiger partial charge >= 0.3 is 6.03 Å². The number of urea groups is 1. The van der Waals surface area contributed by atoms with Crippen LogP contribution in [0.1, 0.15) is 54.4 Å². The summed E-state index contributed by atoms with van der Waals surface area (Å²) in [6, 6.07) is 10.3. The van der Waals surface area contributed by atoms with Crippen LogP contribution < -0.4 is 10.2 Å². The van der Waals surface area contributed by atoms with Gasteiger partial charge in [-0.25, -0.2) is 4.79 Å². The number of fused-ring (bicyclic) bond motifs is 1. The first-order chi connectivity index (χ1) is 15.8. The van der Waals surface area contributed by atoms with Crippen molar-refractivity contribution in [3.05, 3.63) is 62.6 Å². The number of piperidine rings is 1. The number of nitrogens with zero attached hydrogens (tertiary/aromatic N) is 2. The van der Waals surface area contributed by atoms with Crippen molar-refractivity contribution in [2.24, 2.45) is 5.92 Å². The number of halogens is 3. The van der Waals surface area contributed by atoms with Crippen LogP contribution in [0.3, 0.4) is 0 Å². The van der Waals surface area contributed by atoms with Crippen molar-refractivity contribution in [2.75, 3.05) is 18.5 Å². The second-order valence-electron chi connectivity index (χ2n) is 8.87. The minimum Gasteiger partial charge on any atom is -0.335 e. The Bertz CT molecular complexity index is 1040. The van der Waals surface area contributed by atoms with Crippen LogP contribution in [0, 0.1) is 5.92 Å². The average Bonchev–Trinajstić information content (AvgIpc) is 2.82. The highest BCUT2D eigenvalue weighted by Crippen LogP contribution is 2.37. The zero-order chi connectivity index (χ0) is 23.5. The Hall–Kier alpha value is -1.95. The molecule has 1 heterocycles. The molecule has 2 fully saturated rings. The fourth-order valence-corrected chi connectivity index (χ4v) is 5.72. The van der Waals surface area contributed by atoms with Crippen molar-refractivity contribution in [3.63, 3.8) is 0 Å². The highest BCUT2D eigenvalue weighted by atomic mass is 35.5. The van der Waals surface area contributed by atoms with Crippen molar-refractivity contribution in [2.45, 2.75) is 51.1 Å². The number of amides is 3. The van der Waals surface area contributed by atoms with Crippen LogP contribution in [0.5, 0.6) is 0 Å². The molecular formula is C25H28Cl3N3O2. The lowest BCUT2D eigenvalue weighted by Gasteiger charge is -2.44. The molecule has 3 amide bonds. The van der Waals surface area contributed by atoms with Crippen LogP contribution in [0.4, 0.5) is 10.5 Å². The molecule has 2 aliphatic rings. The van der Waals surface area contributed by atoms with Gasteiger partial charge in [0.1, 0.15) is 0 Å². The molecule has 0 spiro atoms. The Morgan fingerprint density at radius 1 is 1.00 bits per heavy atom. The molecule has 2 aromatic carbocycles. The number of hydrogen-bond donors (Lipinski definition) is 1. The normalized spacial score (nSPS) is 20.2. The monoisotopic (exact) mass is 507 g/mol. The topological polar surface area (TPSA) is 52.7 Å². The van der Waals surface area contributed by atoms with Crippen molar-refractivity contribution in [1.82, 2.24) is 10.2 Å². The average molecular weight is 509 g/mol. The summed E-state index contributed by atoms with van der Waals surface area (Å²) in [5, 5.41) is 4.23. The molecule has 1 N–H and O–H groups in total. The molecular weight excluding hydrogens is 481 g/mol. The van der Waals surface area contributed by atoms with E-state index < -0.39 is 0 Å². The minimum atomic E-state index is -0.308. The predicted molar refractivity (Wildman–Crippen MR) is 135 cm³/mol. The van der Waals surface area contributed by atoms with E-state index in [1.807, 2.05) is 4.90 Å². The summed E-state index contributed by atoms with van der Waals surface area (Å²) in [7, 11) is 1.66. The molecule has 1 saturated heterocycles. The number of benzene rings is 2. The molecule has 2 atom stereocenters. The Labute approximate surface area is 210 Å². The molecule has 0 bridgehead atoms. The maximum atomic E-state index is 13.3. The first-order valence-electron chi connectivity index (χ1n) is 11.4. The minimum absolute atomic E-state index is 0.00682. The van der Waals surface area contributed by atoms with Gasteiger partial charge in [-0.2, -0.15) is 0 Å². The summed E-state index contributed by atoms with van der Waals surface area (Å²) in [6.07, 6.45) is 6.98. The fraction of sp³-hybridized carbons (Fsp3) is 0.440. The van der Waals surface area contributed by atoms with Gasteiger partial charge in [-0.3, -0.25) is 9.69 Å². The smallest absolute Gasteiger partial charge is 0.321 e. The van der Waals surface area contributed by atoms with Crippen LogP contribution in [0.25, 0.3) is 0 Å². The first-order valence-corrected chi connectivity index (χ1v) is 12.5. The van der Waals surface area contributed by atoms with Gasteiger partial charge in [0, 0.05) is 41.9 Å². The van der Waals surface area contributed by atoms with E-state index in [1.54, 1.807) is 43.4 Å². The lowest BCUT2D eigenvalue weighted by atomic mass is 9.78. The molecule has 176 valence electrons. The van der Waals surface area contributed by atoms with E-state index in [0.717, 1.165) is 24.9 Å². The van der Waals surface area contributed by atoms with Crippen molar-refractivity contribution in [1.29, 1.82) is 0 Å². The lowest BCUT2D eigenvalue weighted by Crippen LogP contribution is -2.49. The fourth-order valence-electron chi connectivity index (χ4n) is 4.99. The standard InChI is InChI=1S/C25H28Cl3N3O2/c1-30(25(33)29-15-17-8-9-18(26)13-21(17)27)19-10-11-20(22(28)14-19)24(32)31-12-4-6-16-5-2-3-7-23(16)31/h8-11,13-14,16,23H,2-7,12,15H2,1H3,(H,29,33)/t16-,23+/m0/s1. The number of likely N-dealkylation sites (tertiary alicyclic amines) is 1. The molecule has 0 aromatic heterocycles. The Morgan fingerprint density at radius 2 is 1.76 bits per heavy atom. The Morgan fingerprint density at radius 3 is 2.52 bits per heavy atom. The van der Waals surface area contributed by atoms with E-state index in [4.69, 9.17) is 34.8 Å². The molecule has 0 unspecified atom stereocenters. The summed E-state index contributed by atoms with van der Waals surface area (Å²) in [4.78, 5) is 29.5. The number of nitrogens with one attached hydrogen (secondary N) is 1. The van der Waals surface area contributed by atoms with Gasteiger partial charge in [0.05, 0.1) is 10.6 Å². The molecule has 1 aliphatic carbocycles. The van der Waals surface area contributed by atoms with Crippen LogP contribution in [0.15, 0.2) is 36.4 Å². The van der Waals surface area contributed by atoms with E-state index in [1.165, 1.54) is 30.6 Å². The molecule has 4 rings (SSSR count). The third-order valence-electron chi connectivity index (χ3n) is 6.82. The predicted octanol–water partition coefficient (Wildman–Crippen LogP) is 6.79. The summed E-state index contributed by atoms with van der Waals surface area (Å²) in [5.74, 6) is 0.603. The van der Waals surface area contributed by atoms with E-state index in [2.05, 4.69) is 5.32 Å². The van der Waals surface area contributed by atoms with Crippen LogP contribution >= 0.6 is 34.8 Å². The number of carbonyl (C=O) groups excluding carboxylic acids is 2. The van der Waals surface area contributed by atoms with Gasteiger partial charge in [-0.15, -0.1) is 0 Å². The Balaban J connectivity index is 1.43. The molecule has 33 heavy (non-hydrogen) atoms. The van der Waals surface area contributed by atoms with Gasteiger partial charge in [-0.05, 0) is 67.5 Å². The number of rotatable bonds is 4. The molecule has 8 heteroatoms. The summed E-state index contributed by atoms with van der Waals surface area (Å²) >= 11 is 18.6. The van der Waals surface area contributed by atoms with Crippen molar-refractivity contribution in [3.8, 4) is 0 Å². The third kappa shape index (κ3) is 5.42. The van der Waals surface area contributed by atoms with Crippen LogP contribution in [-0.2, 0) is 6.54 Å². The second-order valence-corrected chi connectivity index (χ2v) is 10.1. The summed E-state index contributed by atoms with van der Waals surface area (Å²) < 4.78 is 0. The Kier molecular flexibility index (Phi) is 7.72. The van der Waals surface area contributed by atoms with Gasteiger partial charge in [-0.1, -0.05) is 53.7 Å². The highest BCUT2D eigenvalue weighted by molar-refractivity contribution is 6.35. The van der Waals surface area contributed by atoms with E-state index in [9.17, 15) is 9.59 Å². The number of carbonyl (C=O) groups is 2. The largest absolute Gasteiger partial charge is 0.335 e. The SMILES string of the molecule is CN(C(=O)NCc1ccc(Cl)cc1Cl)c1ccc(C(=O)N2CCC[C@@H]3CCCC[C@H]32)c(Cl)c1. The van der Waals surface area contributed by atoms with Crippen molar-refractivity contribution < 1.29 is 9.59 Å². The third-order valence-corrected chi connectivity index (χ3v) is 7.72. The maximum absolute atomic E-state index is 13.3.